The Kier molecular flexibility index (Phi) is 12.0. The van der Waals surface area contributed by atoms with Gasteiger partial charge in [0.1, 0.15) is 0 Å². The fourth-order valence-electron chi connectivity index (χ4n) is 0.360. The van der Waals surface area contributed by atoms with Gasteiger partial charge < -0.3 is 12.6 Å². The molecule has 0 saturated carbocycles. The summed E-state index contributed by atoms with van der Waals surface area (Å²) in [5.41, 5.74) is 0. The molecule has 0 bridgehead atoms. The maximum atomic E-state index is 12.0. The van der Waals surface area contributed by atoms with E-state index in [9.17, 15) is 12.8 Å². The monoisotopic (exact) mass is 194 g/mol. The van der Waals surface area contributed by atoms with Crippen LogP contribution in [-0.4, -0.2) is 6.36 Å². The summed E-state index contributed by atoms with van der Waals surface area (Å²) in [5, 5.41) is 0. The molecule has 0 amide bonds. The van der Waals surface area contributed by atoms with Crippen molar-refractivity contribution in [3.05, 3.63) is 0 Å². The van der Waals surface area contributed by atoms with Gasteiger partial charge >= 0.3 is 51.4 Å². The first-order valence-corrected chi connectivity index (χ1v) is 3.57. The third kappa shape index (κ3) is 9.48. The van der Waals surface area contributed by atoms with Gasteiger partial charge in [-0.25, -0.2) is 4.39 Å². The molecule has 56 valence electrons. The molecule has 3 nitrogen and oxygen atoms in total. The average molecular weight is 194 g/mol. The predicted molar refractivity (Wildman–Crippen MR) is 29.6 cm³/mol. The maximum Gasteiger partial charge on any atom is 1.00 e. The topological polar surface area (TPSA) is 43.4 Å². The van der Waals surface area contributed by atoms with E-state index in [0.717, 1.165) is 0 Å². The van der Waals surface area contributed by atoms with Crippen molar-refractivity contribution in [1.82, 2.24) is 0 Å². The Morgan fingerprint density at radius 2 is 2.10 bits per heavy atom. The number of rotatable bonds is 4. The van der Waals surface area contributed by atoms with Gasteiger partial charge in [0.05, 0.1) is 11.0 Å². The Labute approximate surface area is 104 Å². The molecule has 0 fully saturated rings. The minimum absolute atomic E-state index is 0. The van der Waals surface area contributed by atoms with E-state index in [1.54, 1.807) is 6.92 Å². The molecular formula is C4H8FKO3S. The van der Waals surface area contributed by atoms with Gasteiger partial charge in [-0.3, -0.25) is 0 Å². The maximum absolute atomic E-state index is 12.0. The van der Waals surface area contributed by atoms with Gasteiger partial charge in [-0.1, -0.05) is 13.3 Å². The number of alkyl halides is 1. The molecule has 0 aromatic heterocycles. The van der Waals surface area contributed by atoms with Crippen LogP contribution in [0.3, 0.4) is 0 Å². The summed E-state index contributed by atoms with van der Waals surface area (Å²) in [6.07, 6.45) is -0.986. The predicted octanol–water partition coefficient (Wildman–Crippen LogP) is -1.67. The van der Waals surface area contributed by atoms with E-state index >= 15 is 0 Å². The van der Waals surface area contributed by atoms with Crippen LogP contribution in [-0.2, 0) is 23.6 Å². The van der Waals surface area contributed by atoms with Crippen LogP contribution in [0.15, 0.2) is 0 Å². The van der Waals surface area contributed by atoms with Gasteiger partial charge in [-0.15, -0.1) is 0 Å². The Balaban J connectivity index is 0. The quantitative estimate of drug-likeness (QED) is 0.397. The van der Waals surface area contributed by atoms with Crippen LogP contribution in [0.5, 0.6) is 0 Å². The molecule has 0 aliphatic carbocycles. The molecule has 0 aliphatic rings. The largest absolute Gasteiger partial charge is 1.00 e. The van der Waals surface area contributed by atoms with Crippen LogP contribution in [0, 0.1) is 0 Å². The molecule has 0 aromatic rings. The summed E-state index contributed by atoms with van der Waals surface area (Å²) in [5.74, 6) is 0. The molecule has 0 aromatic carbocycles. The van der Waals surface area contributed by atoms with E-state index in [1.807, 2.05) is 0 Å². The van der Waals surface area contributed by atoms with Crippen molar-refractivity contribution in [3.8, 4) is 0 Å². The number of halogens is 1. The van der Waals surface area contributed by atoms with Crippen molar-refractivity contribution in [1.29, 1.82) is 0 Å². The SMILES string of the molecule is CCCC(F)O[S-](=O)=O.[K+]. The molecule has 0 saturated heterocycles. The van der Waals surface area contributed by atoms with Gasteiger partial charge in [0, 0.05) is 6.42 Å². The molecule has 0 radical (unpaired) electrons. The van der Waals surface area contributed by atoms with Crippen molar-refractivity contribution in [2.45, 2.75) is 26.1 Å². The van der Waals surface area contributed by atoms with Gasteiger partial charge in [0.15, 0.2) is 6.36 Å². The molecule has 10 heavy (non-hydrogen) atoms. The molecule has 0 heterocycles. The molecule has 0 spiro atoms. The first kappa shape index (κ1) is 14.0. The molecule has 0 N–H and O–H groups in total. The van der Waals surface area contributed by atoms with Gasteiger partial charge in [-0.2, -0.15) is 0 Å². The van der Waals surface area contributed by atoms with Crippen molar-refractivity contribution in [2.24, 2.45) is 0 Å². The normalized spacial score (nSPS) is 12.7. The van der Waals surface area contributed by atoms with Crippen LogP contribution >= 0.6 is 0 Å². The molecular weight excluding hydrogens is 186 g/mol. The molecule has 6 heteroatoms. The Bertz CT molecular complexity index is 130. The molecule has 0 aliphatic heterocycles. The zero-order chi connectivity index (χ0) is 7.28. The summed E-state index contributed by atoms with van der Waals surface area (Å²) in [6, 6.07) is 0. The van der Waals surface area contributed by atoms with Crippen molar-refractivity contribution < 1.29 is 68.4 Å². The zero-order valence-corrected chi connectivity index (χ0v) is 9.94. The standard InChI is InChI=1S/C4H8FO3S.K/c1-2-3-4(5)8-9(6)7;/h4H,2-3H2,1H3;/q-1;+1. The summed E-state index contributed by atoms with van der Waals surface area (Å²) in [6.45, 7) is 1.74. The Morgan fingerprint density at radius 3 is 2.40 bits per heavy atom. The van der Waals surface area contributed by atoms with E-state index in [-0.39, 0.29) is 57.8 Å². The first-order valence-electron chi connectivity index (χ1n) is 2.57. The van der Waals surface area contributed by atoms with Crippen molar-refractivity contribution in [3.63, 3.8) is 0 Å². The third-order valence-corrected chi connectivity index (χ3v) is 1.06. The van der Waals surface area contributed by atoms with E-state index < -0.39 is 17.3 Å². The van der Waals surface area contributed by atoms with Crippen LogP contribution in [0.4, 0.5) is 4.39 Å². The van der Waals surface area contributed by atoms with Gasteiger partial charge in [0.2, 0.25) is 0 Å². The third-order valence-electron chi connectivity index (χ3n) is 0.699. The van der Waals surface area contributed by atoms with Gasteiger partial charge in [-0.05, 0) is 0 Å². The van der Waals surface area contributed by atoms with Crippen LogP contribution < -0.4 is 51.4 Å². The minimum atomic E-state index is -2.72. The van der Waals surface area contributed by atoms with Crippen molar-refractivity contribution >= 4 is 11.0 Å². The number of hydrogen-bond acceptors (Lipinski definition) is 4. The average Bonchev–Trinajstić information content (AvgIpc) is 1.63. The molecule has 1 unspecified atom stereocenters. The Morgan fingerprint density at radius 1 is 1.60 bits per heavy atom. The van der Waals surface area contributed by atoms with Crippen LogP contribution in [0.1, 0.15) is 19.8 Å². The molecule has 0 rings (SSSR count). The fraction of sp³-hybridized carbons (Fsp3) is 1.00. The summed E-state index contributed by atoms with van der Waals surface area (Å²) >= 11 is 0. The zero-order valence-electron chi connectivity index (χ0n) is 6.00. The first-order chi connectivity index (χ1) is 4.16. The fourth-order valence-corrected chi connectivity index (χ4v) is 0.627. The summed E-state index contributed by atoms with van der Waals surface area (Å²) < 4.78 is 35.0. The van der Waals surface area contributed by atoms with Crippen molar-refractivity contribution in [2.75, 3.05) is 0 Å². The smallest absolute Gasteiger partial charge is 0.397 e. The van der Waals surface area contributed by atoms with E-state index in [0.29, 0.717) is 6.42 Å². The second-order valence-electron chi connectivity index (χ2n) is 1.50. The number of hydrogen-bond donors (Lipinski definition) is 0. The van der Waals surface area contributed by atoms with E-state index in [2.05, 4.69) is 4.18 Å². The Hall–Kier alpha value is 1.48. The molecule has 1 atom stereocenters. The summed E-state index contributed by atoms with van der Waals surface area (Å²) in [4.78, 5) is 0. The minimum Gasteiger partial charge on any atom is -0.397 e. The van der Waals surface area contributed by atoms with Gasteiger partial charge in [0.25, 0.3) is 0 Å². The van der Waals surface area contributed by atoms with E-state index in [4.69, 9.17) is 0 Å². The van der Waals surface area contributed by atoms with E-state index in [1.165, 1.54) is 0 Å². The second kappa shape index (κ2) is 8.57. The second-order valence-corrected chi connectivity index (χ2v) is 2.10. The van der Waals surface area contributed by atoms with Crippen LogP contribution in [0.25, 0.3) is 0 Å². The summed E-state index contributed by atoms with van der Waals surface area (Å²) in [7, 11) is -2.72. The van der Waals surface area contributed by atoms with Crippen LogP contribution in [0.2, 0.25) is 0 Å².